The zero-order valence-electron chi connectivity index (χ0n) is 16.3. The number of carbonyl (C=O) groups is 1. The van der Waals surface area contributed by atoms with Gasteiger partial charge in [0.15, 0.2) is 0 Å². The summed E-state index contributed by atoms with van der Waals surface area (Å²) in [6, 6.07) is 14.0. The molecule has 156 valence electrons. The first-order chi connectivity index (χ1) is 13.9. The van der Waals surface area contributed by atoms with Gasteiger partial charge in [0, 0.05) is 24.5 Å². The Morgan fingerprint density at radius 3 is 2.34 bits per heavy atom. The second kappa shape index (κ2) is 9.71. The highest BCUT2D eigenvalue weighted by Gasteiger charge is 2.26. The molecule has 1 unspecified atom stereocenters. The lowest BCUT2D eigenvalue weighted by Gasteiger charge is -2.26. The van der Waals surface area contributed by atoms with E-state index in [1.54, 1.807) is 36.4 Å². The minimum atomic E-state index is -3.50. The van der Waals surface area contributed by atoms with Gasteiger partial charge in [0.1, 0.15) is 0 Å². The maximum absolute atomic E-state index is 12.6. The van der Waals surface area contributed by atoms with Crippen LogP contribution in [0.4, 0.5) is 0 Å². The van der Waals surface area contributed by atoms with Crippen LogP contribution in [0.2, 0.25) is 5.02 Å². The average Bonchev–Trinajstić information content (AvgIpc) is 2.73. The standard InChI is InChI=1S/C21H25ClN2O4S/c1-16(18-5-7-19(22)8-6-18)23-21(25)11-4-17-2-9-20(10-3-17)29(26,27)24-12-14-28-15-13-24/h2-3,5-10,16H,4,11-15H2,1H3,(H,23,25). The van der Waals surface area contributed by atoms with Crippen molar-refractivity contribution < 1.29 is 17.9 Å². The molecular formula is C21H25ClN2O4S. The molecule has 0 aliphatic carbocycles. The number of hydrogen-bond donors (Lipinski definition) is 1. The Kier molecular flexibility index (Phi) is 7.29. The van der Waals surface area contributed by atoms with Crippen molar-refractivity contribution in [2.45, 2.75) is 30.7 Å². The van der Waals surface area contributed by atoms with E-state index >= 15 is 0 Å². The molecule has 29 heavy (non-hydrogen) atoms. The zero-order valence-corrected chi connectivity index (χ0v) is 17.9. The number of amides is 1. The van der Waals surface area contributed by atoms with Gasteiger partial charge in [-0.25, -0.2) is 8.42 Å². The van der Waals surface area contributed by atoms with Crippen LogP contribution in [0.15, 0.2) is 53.4 Å². The van der Waals surface area contributed by atoms with Gasteiger partial charge in [-0.05, 0) is 48.7 Å². The van der Waals surface area contributed by atoms with E-state index in [9.17, 15) is 13.2 Å². The van der Waals surface area contributed by atoms with Crippen LogP contribution in [0.5, 0.6) is 0 Å². The number of halogens is 1. The fourth-order valence-corrected chi connectivity index (χ4v) is 4.70. The quantitative estimate of drug-likeness (QED) is 0.723. The summed E-state index contributed by atoms with van der Waals surface area (Å²) in [4.78, 5) is 12.5. The van der Waals surface area contributed by atoms with Crippen molar-refractivity contribution in [3.8, 4) is 0 Å². The lowest BCUT2D eigenvalue weighted by molar-refractivity contribution is -0.121. The third-order valence-electron chi connectivity index (χ3n) is 4.92. The number of morpholine rings is 1. The molecule has 0 radical (unpaired) electrons. The van der Waals surface area contributed by atoms with Gasteiger partial charge in [-0.15, -0.1) is 0 Å². The van der Waals surface area contributed by atoms with Gasteiger partial charge in [0.05, 0.1) is 24.2 Å². The van der Waals surface area contributed by atoms with Crippen LogP contribution in [0.3, 0.4) is 0 Å². The first kappa shape index (κ1) is 21.8. The molecule has 0 saturated carbocycles. The summed E-state index contributed by atoms with van der Waals surface area (Å²) >= 11 is 5.89. The number of hydrogen-bond acceptors (Lipinski definition) is 4. The van der Waals surface area contributed by atoms with Crippen LogP contribution in [0.1, 0.15) is 30.5 Å². The number of aryl methyl sites for hydroxylation is 1. The van der Waals surface area contributed by atoms with Gasteiger partial charge in [0.25, 0.3) is 0 Å². The Bertz CT molecular complexity index is 924. The molecule has 1 saturated heterocycles. The number of rotatable bonds is 7. The summed E-state index contributed by atoms with van der Waals surface area (Å²) in [6.45, 7) is 3.50. The van der Waals surface area contributed by atoms with Crippen LogP contribution in [-0.4, -0.2) is 44.9 Å². The fraction of sp³-hybridized carbons (Fsp3) is 0.381. The third kappa shape index (κ3) is 5.79. The monoisotopic (exact) mass is 436 g/mol. The molecule has 1 aliphatic rings. The predicted molar refractivity (Wildman–Crippen MR) is 112 cm³/mol. The molecule has 0 spiro atoms. The minimum Gasteiger partial charge on any atom is -0.379 e. The predicted octanol–water partition coefficient (Wildman–Crippen LogP) is 3.17. The molecule has 1 heterocycles. The Balaban J connectivity index is 1.53. The largest absolute Gasteiger partial charge is 0.379 e. The van der Waals surface area contributed by atoms with Crippen LogP contribution >= 0.6 is 11.6 Å². The second-order valence-corrected chi connectivity index (χ2v) is 9.38. The van der Waals surface area contributed by atoms with Crippen molar-refractivity contribution in [1.82, 2.24) is 9.62 Å². The summed E-state index contributed by atoms with van der Waals surface area (Å²) in [5.74, 6) is -0.0579. The van der Waals surface area contributed by atoms with Crippen molar-refractivity contribution in [3.05, 3.63) is 64.7 Å². The number of sulfonamides is 1. The van der Waals surface area contributed by atoms with Crippen LogP contribution in [-0.2, 0) is 26.0 Å². The number of carbonyl (C=O) groups excluding carboxylic acids is 1. The van der Waals surface area contributed by atoms with Gasteiger partial charge >= 0.3 is 0 Å². The highest BCUT2D eigenvalue weighted by atomic mass is 35.5. The van der Waals surface area contributed by atoms with Crippen LogP contribution < -0.4 is 5.32 Å². The highest BCUT2D eigenvalue weighted by Crippen LogP contribution is 2.19. The van der Waals surface area contributed by atoms with Crippen molar-refractivity contribution in [1.29, 1.82) is 0 Å². The molecule has 0 bridgehead atoms. The van der Waals surface area contributed by atoms with Gasteiger partial charge in [-0.1, -0.05) is 35.9 Å². The Morgan fingerprint density at radius 2 is 1.72 bits per heavy atom. The third-order valence-corrected chi connectivity index (χ3v) is 7.08. The molecule has 0 aromatic heterocycles. The molecule has 3 rings (SSSR count). The summed E-state index contributed by atoms with van der Waals surface area (Å²) in [5.41, 5.74) is 1.90. The first-order valence-electron chi connectivity index (χ1n) is 9.58. The lowest BCUT2D eigenvalue weighted by Crippen LogP contribution is -2.40. The van der Waals surface area contributed by atoms with E-state index in [0.29, 0.717) is 44.2 Å². The molecule has 1 fully saturated rings. The Morgan fingerprint density at radius 1 is 1.10 bits per heavy atom. The SMILES string of the molecule is CC(NC(=O)CCc1ccc(S(=O)(=O)N2CCOCC2)cc1)c1ccc(Cl)cc1. The second-order valence-electron chi connectivity index (χ2n) is 7.00. The van der Waals surface area contributed by atoms with Gasteiger partial charge in [0.2, 0.25) is 15.9 Å². The number of nitrogens with one attached hydrogen (secondary N) is 1. The topological polar surface area (TPSA) is 75.7 Å². The lowest BCUT2D eigenvalue weighted by atomic mass is 10.1. The molecule has 1 N–H and O–H groups in total. The zero-order chi connectivity index (χ0) is 20.9. The van der Waals surface area contributed by atoms with Crippen LogP contribution in [0, 0.1) is 0 Å². The van der Waals surface area contributed by atoms with E-state index in [0.717, 1.165) is 11.1 Å². The summed E-state index contributed by atoms with van der Waals surface area (Å²) in [7, 11) is -3.50. The molecule has 1 atom stereocenters. The van der Waals surface area contributed by atoms with E-state index in [1.807, 2.05) is 19.1 Å². The normalized spacial score (nSPS) is 16.3. The summed E-state index contributed by atoms with van der Waals surface area (Å²) in [5, 5.41) is 3.63. The van der Waals surface area contributed by atoms with Crippen molar-refractivity contribution in [2.24, 2.45) is 0 Å². The molecule has 2 aromatic carbocycles. The smallest absolute Gasteiger partial charge is 0.243 e. The van der Waals surface area contributed by atoms with Gasteiger partial charge in [-0.2, -0.15) is 4.31 Å². The molecule has 1 amide bonds. The first-order valence-corrected chi connectivity index (χ1v) is 11.4. The number of nitrogens with zero attached hydrogens (tertiary/aromatic N) is 1. The number of ether oxygens (including phenoxy) is 1. The fourth-order valence-electron chi connectivity index (χ4n) is 3.17. The minimum absolute atomic E-state index is 0.0579. The van der Waals surface area contributed by atoms with Crippen molar-refractivity contribution in [2.75, 3.05) is 26.3 Å². The summed E-state index contributed by atoms with van der Waals surface area (Å²) < 4.78 is 31.9. The van der Waals surface area contributed by atoms with E-state index in [-0.39, 0.29) is 16.8 Å². The molecule has 2 aromatic rings. The highest BCUT2D eigenvalue weighted by molar-refractivity contribution is 7.89. The van der Waals surface area contributed by atoms with Crippen molar-refractivity contribution >= 4 is 27.5 Å². The van der Waals surface area contributed by atoms with Gasteiger partial charge in [-0.3, -0.25) is 4.79 Å². The van der Waals surface area contributed by atoms with E-state index < -0.39 is 10.0 Å². The van der Waals surface area contributed by atoms with Crippen molar-refractivity contribution in [3.63, 3.8) is 0 Å². The molecule has 8 heteroatoms. The molecule has 1 aliphatic heterocycles. The molecular weight excluding hydrogens is 412 g/mol. The van der Waals surface area contributed by atoms with E-state index in [1.165, 1.54) is 4.31 Å². The van der Waals surface area contributed by atoms with E-state index in [4.69, 9.17) is 16.3 Å². The van der Waals surface area contributed by atoms with Gasteiger partial charge < -0.3 is 10.1 Å². The average molecular weight is 437 g/mol. The Hall–Kier alpha value is -1.93. The summed E-state index contributed by atoms with van der Waals surface area (Å²) in [6.07, 6.45) is 0.866. The van der Waals surface area contributed by atoms with Crippen LogP contribution in [0.25, 0.3) is 0 Å². The number of benzene rings is 2. The maximum Gasteiger partial charge on any atom is 0.243 e. The molecule has 6 nitrogen and oxygen atoms in total. The van der Waals surface area contributed by atoms with E-state index in [2.05, 4.69) is 5.32 Å². The maximum atomic E-state index is 12.6. The Labute approximate surface area is 176 Å².